The molecule has 0 aromatic heterocycles. The van der Waals surface area contributed by atoms with E-state index in [0.29, 0.717) is 0 Å². The summed E-state index contributed by atoms with van der Waals surface area (Å²) in [5.41, 5.74) is -11.3. The van der Waals surface area contributed by atoms with Gasteiger partial charge >= 0.3 is 509 Å². The van der Waals surface area contributed by atoms with Crippen LogP contribution in [0.25, 0.3) is 0 Å². The van der Waals surface area contributed by atoms with Crippen LogP contribution in [0.15, 0.2) is 364 Å². The number of rotatable bonds is 14. The van der Waals surface area contributed by atoms with E-state index in [0.717, 1.165) is 6.18 Å². The first-order valence-corrected chi connectivity index (χ1v) is 47.8. The first kappa shape index (κ1) is 73.2. The Morgan fingerprint density at radius 3 is 0.480 bits per heavy atom. The SMILES string of the molecule is N#CC(=[As](c1ccccc1)(c1ccccc1)c1ccccc1)[As+](c1ccccc1)(c1ccccc1)c1ccccc1.N#CC(=[As](c1ccccc1)(c1ccccc1)c1ccccc1)[As+](c1ccccc1)(c1ccccc1)c1ccccc1.O=S(=O)([O-])C(F)(F)F.O=S(=O)([O-])C(F)(F)F. The molecule has 0 aliphatic heterocycles. The minimum absolute atomic E-state index is 1.06. The molecular weight excluding hydrogens is 1540 g/mol. The maximum atomic E-state index is 11.8. The number of hydrogen-bond acceptors (Lipinski definition) is 8. The standard InChI is InChI=1S/2C38H30As2N.2CHF3O3S/c2*41-31-38(39(32-19-7-1-8-20-32,33-21-9-2-10-22-33)34-23-11-3-12-24-34)40(35-25-13-4-14-26-35,36-27-15-5-16-28-36)37-29-17-6-18-30-37;2*2-1(3,4)8(5,6)7/h2*1-30H;2*(H,5,6,7)/q2*+1;;/p-2. The fourth-order valence-corrected chi connectivity index (χ4v) is 69.1. The van der Waals surface area contributed by atoms with Gasteiger partial charge in [-0.3, -0.25) is 0 Å². The van der Waals surface area contributed by atoms with Gasteiger partial charge in [-0.15, -0.1) is 0 Å². The average molecular weight is 1600 g/mol. The van der Waals surface area contributed by atoms with E-state index < -0.39 is 84.6 Å². The second-order valence-electron chi connectivity index (χ2n) is 21.4. The zero-order valence-electron chi connectivity index (χ0n) is 51.9. The molecule has 0 atom stereocenters. The predicted molar refractivity (Wildman–Crippen MR) is 389 cm³/mol. The van der Waals surface area contributed by atoms with Crippen molar-refractivity contribution < 1.29 is 52.3 Å². The van der Waals surface area contributed by atoms with Gasteiger partial charge in [0.1, 0.15) is 0 Å². The Hall–Kier alpha value is -9.01. The normalized spacial score (nSPS) is 11.8. The van der Waals surface area contributed by atoms with Crippen molar-refractivity contribution in [1.82, 2.24) is 0 Å². The van der Waals surface area contributed by atoms with Crippen LogP contribution in [0.5, 0.6) is 0 Å². The van der Waals surface area contributed by atoms with Crippen molar-refractivity contribution in [1.29, 1.82) is 10.5 Å². The topological polar surface area (TPSA) is 162 Å². The van der Waals surface area contributed by atoms with E-state index in [-0.39, 0.29) is 0 Å². The first-order valence-electron chi connectivity index (χ1n) is 30.0. The summed E-state index contributed by atoms with van der Waals surface area (Å²) in [5, 5.41) is 23.5. The third-order valence-electron chi connectivity index (χ3n) is 15.8. The van der Waals surface area contributed by atoms with E-state index in [1.165, 1.54) is 52.2 Å². The Balaban J connectivity index is 0.000000188. The number of nitriles is 2. The fourth-order valence-electron chi connectivity index (χ4n) is 11.8. The molecule has 20 heteroatoms. The van der Waals surface area contributed by atoms with Crippen molar-refractivity contribution in [3.05, 3.63) is 364 Å². The molecule has 0 spiro atoms. The Bertz CT molecular complexity index is 4280. The summed E-state index contributed by atoms with van der Waals surface area (Å²) < 4.78 is 135. The van der Waals surface area contributed by atoms with Crippen molar-refractivity contribution in [2.75, 3.05) is 0 Å². The van der Waals surface area contributed by atoms with E-state index >= 15 is 0 Å². The van der Waals surface area contributed by atoms with E-state index in [9.17, 15) is 36.9 Å². The molecule has 0 aliphatic carbocycles. The molecule has 0 radical (unpaired) electrons. The third kappa shape index (κ3) is 15.3. The molecule has 12 rings (SSSR count). The third-order valence-corrected chi connectivity index (χ3v) is 63.2. The van der Waals surface area contributed by atoms with E-state index in [4.69, 9.17) is 25.9 Å². The summed E-state index contributed by atoms with van der Waals surface area (Å²) in [6, 6.07) is 136. The summed E-state index contributed by atoms with van der Waals surface area (Å²) >= 11 is -14.6. The van der Waals surface area contributed by atoms with Crippen molar-refractivity contribution >= 4 is 132 Å². The molecule has 0 fully saturated rings. The Morgan fingerprint density at radius 1 is 0.265 bits per heavy atom. The zero-order valence-corrected chi connectivity index (χ0v) is 61.0. The summed E-state index contributed by atoms with van der Waals surface area (Å²) in [6.45, 7) is 0. The van der Waals surface area contributed by atoms with E-state index in [1.54, 1.807) is 0 Å². The van der Waals surface area contributed by atoms with Crippen molar-refractivity contribution in [3.63, 3.8) is 0 Å². The minimum atomic E-state index is -6.09. The molecule has 0 bridgehead atoms. The average Bonchev–Trinajstić information content (AvgIpc) is 0.706. The minimum Gasteiger partial charge on any atom is -0.741 e. The first-order chi connectivity index (χ1) is 47.1. The van der Waals surface area contributed by atoms with Crippen LogP contribution < -0.4 is 52.2 Å². The number of alkyl halides is 6. The molecule has 0 heterocycles. The number of nitrogens with zero attached hydrogens (tertiary/aromatic N) is 2. The predicted octanol–water partition coefficient (Wildman–Crippen LogP) is 8.39. The molecule has 12 aromatic carbocycles. The summed E-state index contributed by atoms with van der Waals surface area (Å²) in [5.74, 6) is 0. The molecule has 0 saturated heterocycles. The van der Waals surface area contributed by atoms with Gasteiger partial charge in [0.15, 0.2) is 20.2 Å². The molecule has 98 heavy (non-hydrogen) atoms. The zero-order chi connectivity index (χ0) is 69.9. The van der Waals surface area contributed by atoms with Gasteiger partial charge in [0.25, 0.3) is 0 Å². The van der Waals surface area contributed by atoms with Gasteiger partial charge in [-0.05, 0) is 0 Å². The maximum absolute atomic E-state index is 11.8. The Labute approximate surface area is 576 Å². The second-order valence-corrected chi connectivity index (χ2v) is 55.5. The molecule has 0 aliphatic rings. The molecule has 0 N–H and O–H groups in total. The van der Waals surface area contributed by atoms with Gasteiger partial charge in [0.2, 0.25) is 0 Å². The van der Waals surface area contributed by atoms with Gasteiger partial charge in [-0.2, -0.15) is 26.3 Å². The van der Waals surface area contributed by atoms with Gasteiger partial charge in [0.05, 0.1) is 0 Å². The Morgan fingerprint density at radius 2 is 0.378 bits per heavy atom. The molecule has 0 unspecified atom stereocenters. The van der Waals surface area contributed by atoms with Crippen LogP contribution in [0.2, 0.25) is 0 Å². The van der Waals surface area contributed by atoms with Crippen molar-refractivity contribution in [2.24, 2.45) is 0 Å². The maximum Gasteiger partial charge on any atom is 0.485 e. The van der Waals surface area contributed by atoms with E-state index in [1.807, 2.05) is 0 Å². The molecule has 0 saturated carbocycles. The summed E-state index contributed by atoms with van der Waals surface area (Å²) in [6.07, 6.45) is 0. The van der Waals surface area contributed by atoms with E-state index in [2.05, 4.69) is 376 Å². The van der Waals surface area contributed by atoms with Crippen LogP contribution in [0.3, 0.4) is 0 Å². The van der Waals surface area contributed by atoms with Crippen LogP contribution >= 0.6 is 0 Å². The Kier molecular flexibility index (Phi) is 24.3. The van der Waals surface area contributed by atoms with Crippen molar-refractivity contribution in [2.45, 2.75) is 11.0 Å². The smallest absolute Gasteiger partial charge is 0.485 e. The van der Waals surface area contributed by atoms with Crippen LogP contribution in [-0.2, 0) is 20.2 Å². The number of benzene rings is 12. The molecule has 492 valence electrons. The monoisotopic (exact) mass is 1600 g/mol. The van der Waals surface area contributed by atoms with Crippen LogP contribution in [0.1, 0.15) is 0 Å². The van der Waals surface area contributed by atoms with Gasteiger partial charge in [0, 0.05) is 0 Å². The van der Waals surface area contributed by atoms with Crippen molar-refractivity contribution in [3.8, 4) is 12.1 Å². The largest absolute Gasteiger partial charge is 0.741 e. The number of halogens is 6. The molecule has 8 nitrogen and oxygen atoms in total. The fraction of sp³-hybridized carbons (Fsp3) is 0.0256. The van der Waals surface area contributed by atoms with Crippen LogP contribution in [0.4, 0.5) is 26.3 Å². The van der Waals surface area contributed by atoms with Gasteiger partial charge in [-0.1, -0.05) is 0 Å². The second kappa shape index (κ2) is 32.6. The molecule has 12 aromatic rings. The van der Waals surface area contributed by atoms with Crippen LogP contribution in [-0.4, -0.2) is 96.5 Å². The van der Waals surface area contributed by atoms with Gasteiger partial charge < -0.3 is 9.11 Å². The summed E-state index contributed by atoms with van der Waals surface area (Å²) in [4.78, 5) is 0. The summed E-state index contributed by atoms with van der Waals surface area (Å²) in [7, 11) is -12.2. The molecule has 0 amide bonds. The quantitative estimate of drug-likeness (QED) is 0.0454. The number of hydrogen-bond donors (Lipinski definition) is 0. The molecular formula is C78H60As4F6N2O6S2. The van der Waals surface area contributed by atoms with Gasteiger partial charge in [-0.25, -0.2) is 16.8 Å². The van der Waals surface area contributed by atoms with Crippen LogP contribution in [0, 0.1) is 22.7 Å².